The summed E-state index contributed by atoms with van der Waals surface area (Å²) in [6, 6.07) is 7.45. The van der Waals surface area contributed by atoms with E-state index in [-0.39, 0.29) is 5.75 Å². The number of methoxy groups -OCH3 is 2. The van der Waals surface area contributed by atoms with E-state index in [1.807, 2.05) is 0 Å². The molecule has 0 aliphatic carbocycles. The summed E-state index contributed by atoms with van der Waals surface area (Å²) >= 11 is 0. The Morgan fingerprint density at radius 2 is 1.85 bits per heavy atom. The van der Waals surface area contributed by atoms with Gasteiger partial charge in [-0.1, -0.05) is 0 Å². The highest BCUT2D eigenvalue weighted by Gasteiger charge is 2.16. The standard InChI is InChI=1S/C15H16FNO3/c1-19-14-6-9(8-17)5-12(15(14)20-2)11-4-3-10(18)7-13(11)16/h3-7,18H,8,17H2,1-2H3. The zero-order valence-electron chi connectivity index (χ0n) is 11.3. The molecule has 4 nitrogen and oxygen atoms in total. The highest BCUT2D eigenvalue weighted by Crippen LogP contribution is 2.40. The summed E-state index contributed by atoms with van der Waals surface area (Å²) in [4.78, 5) is 0. The number of hydrogen-bond donors (Lipinski definition) is 2. The zero-order chi connectivity index (χ0) is 14.7. The van der Waals surface area contributed by atoms with E-state index in [1.165, 1.54) is 26.4 Å². The minimum Gasteiger partial charge on any atom is -0.508 e. The van der Waals surface area contributed by atoms with Gasteiger partial charge in [-0.3, -0.25) is 0 Å². The molecule has 0 unspecified atom stereocenters. The Bertz CT molecular complexity index is 629. The molecule has 0 saturated heterocycles. The molecule has 2 aromatic carbocycles. The second-order valence-corrected chi connectivity index (χ2v) is 4.25. The average Bonchev–Trinajstić information content (AvgIpc) is 2.45. The van der Waals surface area contributed by atoms with Gasteiger partial charge in [-0.2, -0.15) is 0 Å². The topological polar surface area (TPSA) is 64.7 Å². The van der Waals surface area contributed by atoms with Crippen molar-refractivity contribution in [1.29, 1.82) is 0 Å². The highest BCUT2D eigenvalue weighted by atomic mass is 19.1. The number of phenolic OH excluding ortho intramolecular Hbond substituents is 1. The van der Waals surface area contributed by atoms with Crippen LogP contribution in [-0.4, -0.2) is 19.3 Å². The summed E-state index contributed by atoms with van der Waals surface area (Å²) in [6.07, 6.45) is 0. The van der Waals surface area contributed by atoms with Crippen molar-refractivity contribution >= 4 is 0 Å². The summed E-state index contributed by atoms with van der Waals surface area (Å²) in [5.41, 5.74) is 7.29. The second kappa shape index (κ2) is 5.79. The molecule has 0 aliphatic rings. The summed E-state index contributed by atoms with van der Waals surface area (Å²) < 4.78 is 24.6. The average molecular weight is 277 g/mol. The third-order valence-corrected chi connectivity index (χ3v) is 3.02. The van der Waals surface area contributed by atoms with Crippen LogP contribution in [0.15, 0.2) is 30.3 Å². The Kier molecular flexibility index (Phi) is 4.10. The molecule has 0 heterocycles. The lowest BCUT2D eigenvalue weighted by Crippen LogP contribution is -2.01. The van der Waals surface area contributed by atoms with Crippen molar-refractivity contribution in [2.45, 2.75) is 6.54 Å². The lowest BCUT2D eigenvalue weighted by molar-refractivity contribution is 0.355. The van der Waals surface area contributed by atoms with E-state index >= 15 is 0 Å². The number of phenols is 1. The number of aromatic hydroxyl groups is 1. The summed E-state index contributed by atoms with van der Waals surface area (Å²) in [5.74, 6) is 0.235. The molecule has 20 heavy (non-hydrogen) atoms. The monoisotopic (exact) mass is 277 g/mol. The van der Waals surface area contributed by atoms with Crippen molar-refractivity contribution in [3.63, 3.8) is 0 Å². The van der Waals surface area contributed by atoms with Gasteiger partial charge >= 0.3 is 0 Å². The van der Waals surface area contributed by atoms with E-state index < -0.39 is 5.82 Å². The van der Waals surface area contributed by atoms with Crippen LogP contribution in [0.3, 0.4) is 0 Å². The van der Waals surface area contributed by atoms with Crippen molar-refractivity contribution < 1.29 is 19.0 Å². The molecule has 5 heteroatoms. The number of nitrogens with two attached hydrogens (primary N) is 1. The van der Waals surface area contributed by atoms with Crippen molar-refractivity contribution in [2.24, 2.45) is 5.73 Å². The number of hydrogen-bond acceptors (Lipinski definition) is 4. The lowest BCUT2D eigenvalue weighted by atomic mass is 10.00. The molecule has 0 atom stereocenters. The first-order chi connectivity index (χ1) is 9.60. The van der Waals surface area contributed by atoms with Gasteiger partial charge in [-0.25, -0.2) is 4.39 Å². The molecule has 0 radical (unpaired) electrons. The van der Waals surface area contributed by atoms with Gasteiger partial charge in [0, 0.05) is 23.7 Å². The Balaban J connectivity index is 2.70. The molecular formula is C15H16FNO3. The van der Waals surface area contributed by atoms with Crippen LogP contribution in [0.2, 0.25) is 0 Å². The molecule has 106 valence electrons. The van der Waals surface area contributed by atoms with Gasteiger partial charge in [0.25, 0.3) is 0 Å². The minimum absolute atomic E-state index is 0.132. The fourth-order valence-electron chi connectivity index (χ4n) is 2.06. The lowest BCUT2D eigenvalue weighted by Gasteiger charge is -2.15. The van der Waals surface area contributed by atoms with Crippen LogP contribution in [0.25, 0.3) is 11.1 Å². The summed E-state index contributed by atoms with van der Waals surface area (Å²) in [5, 5.41) is 9.30. The van der Waals surface area contributed by atoms with Gasteiger partial charge in [0.2, 0.25) is 0 Å². The molecular weight excluding hydrogens is 261 g/mol. The van der Waals surface area contributed by atoms with Crippen molar-refractivity contribution in [1.82, 2.24) is 0 Å². The van der Waals surface area contributed by atoms with E-state index in [1.54, 1.807) is 12.1 Å². The predicted octanol–water partition coefficient (Wildman–Crippen LogP) is 2.67. The summed E-state index contributed by atoms with van der Waals surface area (Å²) in [6.45, 7) is 0.299. The smallest absolute Gasteiger partial charge is 0.168 e. The van der Waals surface area contributed by atoms with Crippen LogP contribution in [0.1, 0.15) is 5.56 Å². The van der Waals surface area contributed by atoms with Crippen LogP contribution >= 0.6 is 0 Å². The van der Waals surface area contributed by atoms with Crippen molar-refractivity contribution in [3.8, 4) is 28.4 Å². The van der Waals surface area contributed by atoms with Gasteiger partial charge in [0.15, 0.2) is 11.5 Å². The van der Waals surface area contributed by atoms with E-state index in [4.69, 9.17) is 15.2 Å². The molecule has 2 rings (SSSR count). The number of ether oxygens (including phenoxy) is 2. The first-order valence-electron chi connectivity index (χ1n) is 6.04. The minimum atomic E-state index is -0.542. The fourth-order valence-corrected chi connectivity index (χ4v) is 2.06. The van der Waals surface area contributed by atoms with Crippen LogP contribution < -0.4 is 15.2 Å². The molecule has 3 N–H and O–H groups in total. The maximum absolute atomic E-state index is 14.0. The molecule has 0 fully saturated rings. The molecule has 0 saturated carbocycles. The second-order valence-electron chi connectivity index (χ2n) is 4.25. The Labute approximate surface area is 116 Å². The van der Waals surface area contributed by atoms with Crippen LogP contribution in [0, 0.1) is 5.82 Å². The van der Waals surface area contributed by atoms with E-state index in [0.29, 0.717) is 29.2 Å². The maximum Gasteiger partial charge on any atom is 0.168 e. The quantitative estimate of drug-likeness (QED) is 0.901. The van der Waals surface area contributed by atoms with Gasteiger partial charge in [-0.05, 0) is 29.8 Å². The normalized spacial score (nSPS) is 10.4. The van der Waals surface area contributed by atoms with Gasteiger partial charge in [-0.15, -0.1) is 0 Å². The molecule has 0 spiro atoms. The largest absolute Gasteiger partial charge is 0.508 e. The van der Waals surface area contributed by atoms with E-state index in [2.05, 4.69) is 0 Å². The first-order valence-corrected chi connectivity index (χ1v) is 6.04. The number of benzene rings is 2. The van der Waals surface area contributed by atoms with E-state index in [0.717, 1.165) is 11.6 Å². The molecule has 0 amide bonds. The molecule has 2 aromatic rings. The predicted molar refractivity (Wildman–Crippen MR) is 74.5 cm³/mol. The number of rotatable bonds is 4. The van der Waals surface area contributed by atoms with Crippen LogP contribution in [-0.2, 0) is 6.54 Å². The third kappa shape index (κ3) is 2.53. The zero-order valence-corrected chi connectivity index (χ0v) is 11.3. The number of halogens is 1. The molecule has 0 bridgehead atoms. The molecule has 0 aromatic heterocycles. The Hall–Kier alpha value is -2.27. The maximum atomic E-state index is 14.0. The molecule has 0 aliphatic heterocycles. The SMILES string of the molecule is COc1cc(CN)cc(-c2ccc(O)cc2F)c1OC. The summed E-state index contributed by atoms with van der Waals surface area (Å²) in [7, 11) is 3.00. The Morgan fingerprint density at radius 3 is 2.40 bits per heavy atom. The van der Waals surface area contributed by atoms with Gasteiger partial charge in [0.05, 0.1) is 14.2 Å². The first kappa shape index (κ1) is 14.1. The fraction of sp³-hybridized carbons (Fsp3) is 0.200. The highest BCUT2D eigenvalue weighted by molar-refractivity contribution is 5.75. The van der Waals surface area contributed by atoms with Crippen LogP contribution in [0.4, 0.5) is 4.39 Å². The van der Waals surface area contributed by atoms with Gasteiger partial charge < -0.3 is 20.3 Å². The van der Waals surface area contributed by atoms with Crippen molar-refractivity contribution in [2.75, 3.05) is 14.2 Å². The van der Waals surface area contributed by atoms with E-state index in [9.17, 15) is 9.50 Å². The third-order valence-electron chi connectivity index (χ3n) is 3.02. The van der Waals surface area contributed by atoms with Crippen LogP contribution in [0.5, 0.6) is 17.2 Å². The van der Waals surface area contributed by atoms with Crippen molar-refractivity contribution in [3.05, 3.63) is 41.7 Å². The Morgan fingerprint density at radius 1 is 1.10 bits per heavy atom. The van der Waals surface area contributed by atoms with Gasteiger partial charge in [0.1, 0.15) is 11.6 Å².